The molecule has 0 saturated heterocycles. The third-order valence-corrected chi connectivity index (χ3v) is 3.00. The van der Waals surface area contributed by atoms with Crippen molar-refractivity contribution in [3.8, 4) is 0 Å². The molecule has 0 heteroatoms. The molecule has 3 rings (SSSR count). The van der Waals surface area contributed by atoms with E-state index in [1.807, 2.05) is 6.07 Å². The van der Waals surface area contributed by atoms with Gasteiger partial charge in [0.2, 0.25) is 0 Å². The van der Waals surface area contributed by atoms with Crippen molar-refractivity contribution in [2.75, 3.05) is 0 Å². The molecular formula is C17H13. The van der Waals surface area contributed by atoms with E-state index < -0.39 is 0 Å². The van der Waals surface area contributed by atoms with Crippen LogP contribution in [0.1, 0.15) is 17.5 Å². The summed E-state index contributed by atoms with van der Waals surface area (Å²) < 4.78 is 0. The summed E-state index contributed by atoms with van der Waals surface area (Å²) in [7, 11) is 0. The average molecular weight is 217 g/mol. The highest BCUT2D eigenvalue weighted by Gasteiger charge is 2.13. The summed E-state index contributed by atoms with van der Waals surface area (Å²) in [6, 6.07) is 21.0. The number of allylic oxidation sites excluding steroid dienone is 4. The van der Waals surface area contributed by atoms with Gasteiger partial charge >= 0.3 is 0 Å². The molecule has 1 aliphatic carbocycles. The van der Waals surface area contributed by atoms with Crippen LogP contribution in [-0.4, -0.2) is 0 Å². The Labute approximate surface area is 102 Å². The highest BCUT2D eigenvalue weighted by molar-refractivity contribution is 6.05. The maximum absolute atomic E-state index is 3.45. The number of rotatable bonds is 2. The fourth-order valence-corrected chi connectivity index (χ4v) is 2.19. The monoisotopic (exact) mass is 217 g/mol. The minimum absolute atomic E-state index is 0.911. The fourth-order valence-electron chi connectivity index (χ4n) is 2.19. The van der Waals surface area contributed by atoms with E-state index in [0.717, 1.165) is 6.42 Å². The lowest BCUT2D eigenvalue weighted by Gasteiger charge is -2.08. The first-order valence-electron chi connectivity index (χ1n) is 5.87. The summed E-state index contributed by atoms with van der Waals surface area (Å²) in [6.07, 6.45) is 6.60. The second-order valence-corrected chi connectivity index (χ2v) is 4.11. The van der Waals surface area contributed by atoms with Crippen LogP contribution in [0, 0.1) is 6.08 Å². The molecule has 0 unspecified atom stereocenters. The van der Waals surface area contributed by atoms with Crippen molar-refractivity contribution in [1.82, 2.24) is 0 Å². The van der Waals surface area contributed by atoms with Gasteiger partial charge in [0.05, 0.1) is 0 Å². The summed E-state index contributed by atoms with van der Waals surface area (Å²) in [5, 5.41) is 0. The molecule has 0 atom stereocenters. The standard InChI is InChI=1S/C17H13/c1-3-8-14(9-4-1)16-12-7-13-17(16)15-10-5-2-6-11-15/h1-6,8-12H,7H2. The van der Waals surface area contributed by atoms with E-state index in [1.54, 1.807) is 0 Å². The van der Waals surface area contributed by atoms with E-state index in [9.17, 15) is 0 Å². The SMILES string of the molecule is [C]1=C(c2ccccc2)C(c2ccccc2)=CC1. The van der Waals surface area contributed by atoms with Crippen LogP contribution in [-0.2, 0) is 0 Å². The third-order valence-electron chi connectivity index (χ3n) is 3.00. The van der Waals surface area contributed by atoms with Crippen molar-refractivity contribution in [1.29, 1.82) is 0 Å². The predicted molar refractivity (Wildman–Crippen MR) is 72.1 cm³/mol. The Morgan fingerprint density at radius 1 is 0.706 bits per heavy atom. The summed E-state index contributed by atoms with van der Waals surface area (Å²) in [5.74, 6) is 0. The van der Waals surface area contributed by atoms with Gasteiger partial charge in [-0.25, -0.2) is 0 Å². The van der Waals surface area contributed by atoms with Crippen LogP contribution in [0.25, 0.3) is 11.1 Å². The Kier molecular flexibility index (Phi) is 2.63. The van der Waals surface area contributed by atoms with E-state index in [1.165, 1.54) is 22.3 Å². The van der Waals surface area contributed by atoms with Gasteiger partial charge < -0.3 is 0 Å². The van der Waals surface area contributed by atoms with Gasteiger partial charge in [0.1, 0.15) is 0 Å². The summed E-state index contributed by atoms with van der Waals surface area (Å²) in [6.45, 7) is 0. The van der Waals surface area contributed by atoms with Crippen molar-refractivity contribution in [2.45, 2.75) is 6.42 Å². The molecule has 0 bridgehead atoms. The molecule has 0 heterocycles. The lowest BCUT2D eigenvalue weighted by atomic mass is 9.95. The molecule has 17 heavy (non-hydrogen) atoms. The zero-order valence-corrected chi connectivity index (χ0v) is 9.56. The summed E-state index contributed by atoms with van der Waals surface area (Å²) in [4.78, 5) is 0. The van der Waals surface area contributed by atoms with Gasteiger partial charge in [0, 0.05) is 0 Å². The lowest BCUT2D eigenvalue weighted by Crippen LogP contribution is -1.87. The van der Waals surface area contributed by atoms with Crippen LogP contribution >= 0.6 is 0 Å². The van der Waals surface area contributed by atoms with Gasteiger partial charge in [0.25, 0.3) is 0 Å². The first-order valence-corrected chi connectivity index (χ1v) is 5.87. The summed E-state index contributed by atoms with van der Waals surface area (Å²) >= 11 is 0. The number of hydrogen-bond acceptors (Lipinski definition) is 0. The third kappa shape index (κ3) is 1.94. The Balaban J connectivity index is 2.01. The maximum Gasteiger partial charge on any atom is -0.00702 e. The van der Waals surface area contributed by atoms with E-state index in [4.69, 9.17) is 0 Å². The van der Waals surface area contributed by atoms with Crippen molar-refractivity contribution in [2.24, 2.45) is 0 Å². The molecule has 0 fully saturated rings. The van der Waals surface area contributed by atoms with Gasteiger partial charge in [-0.05, 0) is 34.8 Å². The van der Waals surface area contributed by atoms with Crippen molar-refractivity contribution in [3.63, 3.8) is 0 Å². The zero-order valence-electron chi connectivity index (χ0n) is 9.56. The minimum Gasteiger partial charge on any atom is -0.0716 e. The Morgan fingerprint density at radius 2 is 1.29 bits per heavy atom. The lowest BCUT2D eigenvalue weighted by molar-refractivity contribution is 1.40. The van der Waals surface area contributed by atoms with Crippen LogP contribution in [0.4, 0.5) is 0 Å². The normalized spacial score (nSPS) is 14.4. The molecule has 1 aliphatic rings. The molecule has 1 radical (unpaired) electrons. The quantitative estimate of drug-likeness (QED) is 0.701. The van der Waals surface area contributed by atoms with E-state index in [0.29, 0.717) is 0 Å². The number of benzene rings is 2. The highest BCUT2D eigenvalue weighted by atomic mass is 14.2. The van der Waals surface area contributed by atoms with Crippen molar-refractivity contribution >= 4 is 11.1 Å². The molecule has 81 valence electrons. The Bertz CT molecular complexity index is 506. The predicted octanol–water partition coefficient (Wildman–Crippen LogP) is 4.36. The van der Waals surface area contributed by atoms with E-state index >= 15 is 0 Å². The smallest absolute Gasteiger partial charge is 0.00702 e. The fraction of sp³-hybridized carbons (Fsp3) is 0.0588. The number of hydrogen-bond donors (Lipinski definition) is 0. The van der Waals surface area contributed by atoms with Crippen molar-refractivity contribution in [3.05, 3.63) is 83.9 Å². The average Bonchev–Trinajstić information content (AvgIpc) is 2.90. The van der Waals surface area contributed by atoms with Crippen molar-refractivity contribution < 1.29 is 0 Å². The summed E-state index contributed by atoms with van der Waals surface area (Å²) in [5.41, 5.74) is 5.06. The van der Waals surface area contributed by atoms with Crippen LogP contribution < -0.4 is 0 Å². The second-order valence-electron chi connectivity index (χ2n) is 4.11. The molecule has 0 nitrogen and oxygen atoms in total. The van der Waals surface area contributed by atoms with Gasteiger partial charge in [-0.2, -0.15) is 0 Å². The van der Waals surface area contributed by atoms with E-state index in [2.05, 4.69) is 66.7 Å². The topological polar surface area (TPSA) is 0 Å². The molecule has 0 amide bonds. The van der Waals surface area contributed by atoms with Gasteiger partial charge in [-0.3, -0.25) is 0 Å². The maximum atomic E-state index is 3.45. The van der Waals surface area contributed by atoms with Crippen LogP contribution in [0.15, 0.2) is 66.7 Å². The molecule has 0 aromatic heterocycles. The van der Waals surface area contributed by atoms with E-state index in [-0.39, 0.29) is 0 Å². The first kappa shape index (κ1) is 10.1. The molecule has 2 aromatic carbocycles. The molecule has 0 saturated carbocycles. The largest absolute Gasteiger partial charge is 0.0716 e. The molecule has 0 N–H and O–H groups in total. The van der Waals surface area contributed by atoms with Crippen LogP contribution in [0.5, 0.6) is 0 Å². The molecular weight excluding hydrogens is 204 g/mol. The van der Waals surface area contributed by atoms with Gasteiger partial charge in [-0.1, -0.05) is 66.7 Å². The van der Waals surface area contributed by atoms with Gasteiger partial charge in [-0.15, -0.1) is 0 Å². The molecule has 0 aliphatic heterocycles. The Morgan fingerprint density at radius 3 is 1.94 bits per heavy atom. The van der Waals surface area contributed by atoms with Gasteiger partial charge in [0.15, 0.2) is 0 Å². The zero-order chi connectivity index (χ0) is 11.5. The second kappa shape index (κ2) is 4.42. The highest BCUT2D eigenvalue weighted by Crippen LogP contribution is 2.35. The molecule has 2 aromatic rings. The first-order chi connectivity index (χ1) is 8.45. The minimum atomic E-state index is 0.911. The van der Waals surface area contributed by atoms with Crippen LogP contribution in [0.3, 0.4) is 0 Å². The van der Waals surface area contributed by atoms with Crippen LogP contribution in [0.2, 0.25) is 0 Å². The molecule has 0 spiro atoms. The Hall–Kier alpha value is -2.08.